The molecule has 17 heavy (non-hydrogen) atoms. The molecule has 0 aromatic heterocycles. The van der Waals surface area contributed by atoms with E-state index in [9.17, 15) is 9.59 Å². The molecule has 0 unspecified atom stereocenters. The molecule has 0 radical (unpaired) electrons. The molecule has 102 valence electrons. The second-order valence-electron chi connectivity index (χ2n) is 3.78. The van der Waals surface area contributed by atoms with Gasteiger partial charge < -0.3 is 16.0 Å². The zero-order valence-corrected chi connectivity index (χ0v) is 11.5. The third kappa shape index (κ3) is 17.8. The first-order valence-electron chi connectivity index (χ1n) is 5.82. The maximum Gasteiger partial charge on any atom is 0.216 e. The lowest BCUT2D eigenvalue weighted by Gasteiger charge is -2.05. The van der Waals surface area contributed by atoms with E-state index < -0.39 is 0 Å². The van der Waals surface area contributed by atoms with Crippen LogP contribution in [0, 0.1) is 0 Å². The Morgan fingerprint density at radius 2 is 1.18 bits per heavy atom. The summed E-state index contributed by atoms with van der Waals surface area (Å²) in [6.45, 7) is 6.41. The summed E-state index contributed by atoms with van der Waals surface area (Å²) in [6.07, 6.45) is 3.00. The lowest BCUT2D eigenvalue weighted by atomic mass is 10.3. The fraction of sp³-hybridized carbons (Fsp3) is 0.818. The van der Waals surface area contributed by atoms with Gasteiger partial charge in [0.15, 0.2) is 0 Å². The van der Waals surface area contributed by atoms with E-state index in [0.29, 0.717) is 0 Å². The average molecular weight is 266 g/mol. The van der Waals surface area contributed by atoms with E-state index >= 15 is 0 Å². The summed E-state index contributed by atoms with van der Waals surface area (Å²) in [7, 11) is 0. The van der Waals surface area contributed by atoms with Crippen LogP contribution in [-0.2, 0) is 9.59 Å². The topological polar surface area (TPSA) is 70.2 Å². The predicted octanol–water partition coefficient (Wildman–Crippen LogP) is 0.440. The molecular weight excluding hydrogens is 242 g/mol. The zero-order valence-electron chi connectivity index (χ0n) is 10.7. The van der Waals surface area contributed by atoms with Crippen molar-refractivity contribution in [2.24, 2.45) is 0 Å². The first-order valence-corrected chi connectivity index (χ1v) is 5.82. The van der Waals surface area contributed by atoms with Gasteiger partial charge in [-0.1, -0.05) is 0 Å². The van der Waals surface area contributed by atoms with Gasteiger partial charge in [0, 0.05) is 26.9 Å². The smallest absolute Gasteiger partial charge is 0.216 e. The van der Waals surface area contributed by atoms with Gasteiger partial charge in [-0.05, 0) is 32.4 Å². The first kappa shape index (κ1) is 18.6. The number of rotatable bonds is 9. The van der Waals surface area contributed by atoms with E-state index in [2.05, 4.69) is 16.0 Å². The van der Waals surface area contributed by atoms with E-state index in [1.165, 1.54) is 13.8 Å². The van der Waals surface area contributed by atoms with Crippen LogP contribution in [0.2, 0.25) is 0 Å². The van der Waals surface area contributed by atoms with Crippen LogP contribution in [0.1, 0.15) is 33.1 Å². The van der Waals surface area contributed by atoms with E-state index in [0.717, 1.165) is 45.4 Å². The second kappa shape index (κ2) is 13.3. The van der Waals surface area contributed by atoms with Crippen LogP contribution in [0.4, 0.5) is 0 Å². The van der Waals surface area contributed by atoms with Crippen molar-refractivity contribution in [2.45, 2.75) is 33.1 Å². The van der Waals surface area contributed by atoms with Crippen molar-refractivity contribution >= 4 is 24.2 Å². The molecule has 0 saturated heterocycles. The maximum absolute atomic E-state index is 10.5. The molecule has 0 spiro atoms. The molecule has 0 aromatic rings. The van der Waals surface area contributed by atoms with Crippen molar-refractivity contribution in [3.63, 3.8) is 0 Å². The number of hydrogen-bond acceptors (Lipinski definition) is 3. The fourth-order valence-electron chi connectivity index (χ4n) is 1.24. The fourth-order valence-corrected chi connectivity index (χ4v) is 1.24. The molecule has 0 bridgehead atoms. The third-order valence-electron chi connectivity index (χ3n) is 2.06. The Balaban J connectivity index is 0. The summed E-state index contributed by atoms with van der Waals surface area (Å²) in [5, 5.41) is 8.78. The zero-order chi connectivity index (χ0) is 12.2. The summed E-state index contributed by atoms with van der Waals surface area (Å²) in [5.41, 5.74) is 0. The van der Waals surface area contributed by atoms with Crippen LogP contribution >= 0.6 is 12.4 Å². The number of nitrogens with one attached hydrogen (secondary N) is 3. The highest BCUT2D eigenvalue weighted by Crippen LogP contribution is 1.84. The summed E-state index contributed by atoms with van der Waals surface area (Å²) in [5.74, 6) is 0.0542. The van der Waals surface area contributed by atoms with Gasteiger partial charge in [-0.2, -0.15) is 0 Å². The van der Waals surface area contributed by atoms with Gasteiger partial charge in [0.05, 0.1) is 0 Å². The van der Waals surface area contributed by atoms with Crippen LogP contribution in [0.3, 0.4) is 0 Å². The number of carbonyl (C=O) groups is 2. The first-order chi connectivity index (χ1) is 7.63. The highest BCUT2D eigenvalue weighted by Gasteiger charge is 1.92. The number of unbranched alkanes of at least 4 members (excludes halogenated alkanes) is 1. The second-order valence-corrected chi connectivity index (χ2v) is 3.78. The minimum absolute atomic E-state index is 0. The maximum atomic E-state index is 10.5. The van der Waals surface area contributed by atoms with Gasteiger partial charge in [0.1, 0.15) is 0 Å². The highest BCUT2D eigenvalue weighted by atomic mass is 35.5. The third-order valence-corrected chi connectivity index (χ3v) is 2.06. The molecule has 0 atom stereocenters. The summed E-state index contributed by atoms with van der Waals surface area (Å²) in [6, 6.07) is 0. The molecule has 0 fully saturated rings. The van der Waals surface area contributed by atoms with Crippen molar-refractivity contribution in [1.29, 1.82) is 0 Å². The lowest BCUT2D eigenvalue weighted by Crippen LogP contribution is -2.26. The summed E-state index contributed by atoms with van der Waals surface area (Å²) < 4.78 is 0. The van der Waals surface area contributed by atoms with E-state index in [4.69, 9.17) is 0 Å². The van der Waals surface area contributed by atoms with Gasteiger partial charge in [-0.25, -0.2) is 0 Å². The van der Waals surface area contributed by atoms with Crippen molar-refractivity contribution in [3.8, 4) is 0 Å². The van der Waals surface area contributed by atoms with Crippen LogP contribution in [0.5, 0.6) is 0 Å². The highest BCUT2D eigenvalue weighted by molar-refractivity contribution is 5.85. The molecule has 0 aliphatic rings. The van der Waals surface area contributed by atoms with Crippen LogP contribution < -0.4 is 16.0 Å². The van der Waals surface area contributed by atoms with Crippen molar-refractivity contribution < 1.29 is 9.59 Å². The van der Waals surface area contributed by atoms with Crippen molar-refractivity contribution in [1.82, 2.24) is 16.0 Å². The molecule has 0 aliphatic heterocycles. The van der Waals surface area contributed by atoms with Crippen molar-refractivity contribution in [3.05, 3.63) is 0 Å². The molecule has 3 N–H and O–H groups in total. The Hall–Kier alpha value is -0.810. The van der Waals surface area contributed by atoms with Crippen molar-refractivity contribution in [2.75, 3.05) is 26.2 Å². The number of carbonyl (C=O) groups excluding carboxylic acids is 2. The molecular formula is C11H24ClN3O2. The Kier molecular flexibility index (Phi) is 14.5. The molecule has 0 heterocycles. The molecule has 2 amide bonds. The normalized spacial score (nSPS) is 9.29. The number of amides is 2. The van der Waals surface area contributed by atoms with Gasteiger partial charge in [0.25, 0.3) is 0 Å². The van der Waals surface area contributed by atoms with Gasteiger partial charge in [-0.15, -0.1) is 12.4 Å². The quantitative estimate of drug-likeness (QED) is 0.530. The van der Waals surface area contributed by atoms with Gasteiger partial charge >= 0.3 is 0 Å². The van der Waals surface area contributed by atoms with E-state index in [1.807, 2.05) is 0 Å². The number of hydrogen-bond donors (Lipinski definition) is 3. The van der Waals surface area contributed by atoms with E-state index in [1.54, 1.807) is 0 Å². The average Bonchev–Trinajstić information content (AvgIpc) is 2.20. The van der Waals surface area contributed by atoms with Gasteiger partial charge in [0.2, 0.25) is 11.8 Å². The molecule has 5 nitrogen and oxygen atoms in total. The standard InChI is InChI=1S/C11H23N3O2.ClH/c1-10(15)13-8-4-3-6-12-7-5-9-14-11(2)16;/h12H,3-9H2,1-2H3,(H,13,15)(H,14,16);1H. The lowest BCUT2D eigenvalue weighted by molar-refractivity contribution is -0.119. The Labute approximate surface area is 110 Å². The molecule has 0 aromatic carbocycles. The van der Waals surface area contributed by atoms with Crippen LogP contribution in [-0.4, -0.2) is 38.0 Å². The minimum atomic E-state index is 0. The van der Waals surface area contributed by atoms with Gasteiger partial charge in [-0.3, -0.25) is 9.59 Å². The Morgan fingerprint density at radius 1 is 0.765 bits per heavy atom. The SMILES string of the molecule is CC(=O)NCCCCNCCCNC(C)=O.Cl. The Bertz CT molecular complexity index is 191. The molecule has 6 heteroatoms. The molecule has 0 saturated carbocycles. The summed E-state index contributed by atoms with van der Waals surface area (Å²) >= 11 is 0. The summed E-state index contributed by atoms with van der Waals surface area (Å²) in [4.78, 5) is 21.1. The predicted molar refractivity (Wildman–Crippen MR) is 71.3 cm³/mol. The minimum Gasteiger partial charge on any atom is -0.356 e. The molecule has 0 aliphatic carbocycles. The largest absolute Gasteiger partial charge is 0.356 e. The monoisotopic (exact) mass is 265 g/mol. The van der Waals surface area contributed by atoms with E-state index in [-0.39, 0.29) is 24.2 Å². The molecule has 0 rings (SSSR count). The number of halogens is 1. The van der Waals surface area contributed by atoms with Crippen LogP contribution in [0.25, 0.3) is 0 Å². The van der Waals surface area contributed by atoms with Crippen LogP contribution in [0.15, 0.2) is 0 Å². The Morgan fingerprint density at radius 3 is 1.71 bits per heavy atom.